The molecule has 7 atom stereocenters. The van der Waals surface area contributed by atoms with Gasteiger partial charge in [0, 0.05) is 30.0 Å². The number of esters is 2. The summed E-state index contributed by atoms with van der Waals surface area (Å²) in [6.45, 7) is 5.29. The molecule has 0 aromatic heterocycles. The van der Waals surface area contributed by atoms with Crippen molar-refractivity contribution in [2.24, 2.45) is 0 Å². The molecule has 15 nitrogen and oxygen atoms in total. The number of likely N-dealkylation sites (tertiary alicyclic amines) is 1. The number of benzene rings is 1. The summed E-state index contributed by atoms with van der Waals surface area (Å²) < 4.78 is 17.4. The van der Waals surface area contributed by atoms with Crippen LogP contribution in [0.1, 0.15) is 70.1 Å². The number of carboxylic acid groups (broad SMARTS) is 2. The number of halogens is 1. The van der Waals surface area contributed by atoms with Gasteiger partial charge in [0.2, 0.25) is 5.91 Å². The Balaban J connectivity index is 0.00000400. The number of nitrogens with one attached hydrogen (secondary N) is 1. The summed E-state index contributed by atoms with van der Waals surface area (Å²) >= 11 is 0. The van der Waals surface area contributed by atoms with Crippen LogP contribution in [-0.2, 0) is 45.5 Å². The lowest BCUT2D eigenvalue weighted by Gasteiger charge is -2.58. The van der Waals surface area contributed by atoms with Gasteiger partial charge in [0.1, 0.15) is 17.6 Å². The Morgan fingerprint density at radius 2 is 1.83 bits per heavy atom. The normalized spacial score (nSPS) is 25.9. The van der Waals surface area contributed by atoms with E-state index >= 15 is 0 Å². The number of nitrogens with zero attached hydrogens (tertiary/aromatic N) is 1. The minimum Gasteiger partial charge on any atom is -0.481 e. The van der Waals surface area contributed by atoms with Crippen molar-refractivity contribution in [3.63, 3.8) is 0 Å². The van der Waals surface area contributed by atoms with Gasteiger partial charge in [-0.1, -0.05) is 19.6 Å². The first-order chi connectivity index (χ1) is 21.6. The van der Waals surface area contributed by atoms with E-state index in [-0.39, 0.29) is 44.7 Å². The van der Waals surface area contributed by atoms with Crippen molar-refractivity contribution < 1.29 is 63.7 Å². The van der Waals surface area contributed by atoms with Gasteiger partial charge in [-0.15, -0.1) is 12.4 Å². The number of piperidine rings is 1. The van der Waals surface area contributed by atoms with Gasteiger partial charge in [0.05, 0.1) is 24.0 Å². The van der Waals surface area contributed by atoms with Crippen LogP contribution in [0.3, 0.4) is 0 Å². The molecule has 1 amide bonds. The molecule has 1 spiro atoms. The number of ether oxygens (including phenoxy) is 3. The zero-order valence-corrected chi connectivity index (χ0v) is 27.2. The molecule has 0 saturated carbocycles. The minimum atomic E-state index is -2.05. The molecule has 16 heteroatoms. The summed E-state index contributed by atoms with van der Waals surface area (Å²) in [4.78, 5) is 62.5. The van der Waals surface area contributed by atoms with E-state index in [1.165, 1.54) is 6.92 Å². The predicted molar refractivity (Wildman–Crippen MR) is 170 cm³/mol. The lowest BCUT2D eigenvalue weighted by molar-refractivity contribution is -0.172. The van der Waals surface area contributed by atoms with Crippen molar-refractivity contribution in [3.8, 4) is 5.75 Å². The van der Waals surface area contributed by atoms with E-state index in [4.69, 9.17) is 24.4 Å². The quantitative estimate of drug-likeness (QED) is 0.167. The fourth-order valence-corrected chi connectivity index (χ4v) is 6.74. The minimum absolute atomic E-state index is 0. The van der Waals surface area contributed by atoms with Gasteiger partial charge in [0.25, 0.3) is 0 Å². The number of aliphatic hydroxyl groups is 3. The molecular formula is C32H45ClN2O13. The second-order valence-corrected chi connectivity index (χ2v) is 12.1. The highest BCUT2D eigenvalue weighted by atomic mass is 35.5. The Bertz CT molecular complexity index is 1450. The number of carbonyl (C=O) groups is 5. The number of fused-ring (bicyclic) bond motifs is 1. The number of amides is 1. The third-order valence-corrected chi connectivity index (χ3v) is 9.38. The Morgan fingerprint density at radius 3 is 2.44 bits per heavy atom. The summed E-state index contributed by atoms with van der Waals surface area (Å²) in [5.41, 5.74) is -0.299. The molecule has 1 aliphatic carbocycles. The van der Waals surface area contributed by atoms with Crippen LogP contribution < -0.4 is 10.1 Å². The van der Waals surface area contributed by atoms with Crippen LogP contribution in [0.5, 0.6) is 5.75 Å². The summed E-state index contributed by atoms with van der Waals surface area (Å²) in [5.74, 6) is -5.69. The van der Waals surface area contributed by atoms with E-state index < -0.39 is 84.4 Å². The third kappa shape index (κ3) is 7.29. The van der Waals surface area contributed by atoms with E-state index in [0.717, 1.165) is 11.1 Å². The van der Waals surface area contributed by atoms with E-state index in [1.54, 1.807) is 12.1 Å². The van der Waals surface area contributed by atoms with Crippen LogP contribution in [-0.4, -0.2) is 110 Å². The highest BCUT2D eigenvalue weighted by Gasteiger charge is 2.69. The average molecular weight is 701 g/mol. The molecular weight excluding hydrogens is 656 g/mol. The van der Waals surface area contributed by atoms with E-state index in [0.29, 0.717) is 24.3 Å². The van der Waals surface area contributed by atoms with Crippen LogP contribution in [0.2, 0.25) is 0 Å². The number of likely N-dealkylation sites (N-methyl/N-ethyl adjacent to an activating group) is 1. The largest absolute Gasteiger partial charge is 0.481 e. The van der Waals surface area contributed by atoms with Crippen LogP contribution >= 0.6 is 12.4 Å². The molecule has 2 heterocycles. The molecule has 3 aliphatic rings. The first-order valence-corrected chi connectivity index (χ1v) is 14.9. The lowest BCUT2D eigenvalue weighted by Crippen LogP contribution is -2.71. The number of hydrogen-bond acceptors (Lipinski definition) is 12. The summed E-state index contributed by atoms with van der Waals surface area (Å²) in [6, 6.07) is 1.69. The number of aliphatic hydroxyl groups excluding tert-OH is 2. The monoisotopic (exact) mass is 700 g/mol. The Kier molecular flexibility index (Phi) is 13.2. The van der Waals surface area contributed by atoms with E-state index in [9.17, 15) is 39.3 Å². The Morgan fingerprint density at radius 1 is 1.17 bits per heavy atom. The molecule has 1 aromatic rings. The Hall–Kier alpha value is -3.76. The maximum absolute atomic E-state index is 13.3. The first kappa shape index (κ1) is 40.4. The molecule has 268 valence electrons. The molecule has 6 N–H and O–H groups in total. The van der Waals surface area contributed by atoms with Crippen molar-refractivity contribution in [2.45, 2.75) is 108 Å². The van der Waals surface area contributed by atoms with Crippen molar-refractivity contribution in [1.29, 1.82) is 0 Å². The predicted octanol–water partition coefficient (Wildman–Crippen LogP) is 0.947. The van der Waals surface area contributed by atoms with Gasteiger partial charge in [0.15, 0.2) is 18.3 Å². The van der Waals surface area contributed by atoms with Gasteiger partial charge in [-0.2, -0.15) is 0 Å². The molecule has 4 rings (SSSR count). The standard InChI is InChI=1S/C31H40N2O13.CH4.ClH/c1-15-5-6-18(14-34)25-24(15)30-11-12-33(4)17(3)31(30,43)10-9-21(26(30)46-25)45-28(41)16(2)44-29(42)19(7-8-23(37)38)32-22(36)13-20(35)27(39)40;;/h5-6,9,16-17,19-20,26,34-35,43H,7-8,10-14H2,1-4H3,(H,32,36)(H,37,38)(H,39,40);1H4;1H/t16-,17+,19-,20-,26-,30-,31+;;/m0../s1. The molecule has 0 bridgehead atoms. The highest BCUT2D eigenvalue weighted by molar-refractivity contribution is 5.89. The molecule has 0 unspecified atom stereocenters. The topological polar surface area (TPSA) is 229 Å². The maximum atomic E-state index is 13.3. The summed E-state index contributed by atoms with van der Waals surface area (Å²) in [5, 5.41) is 51.9. The zero-order valence-electron chi connectivity index (χ0n) is 26.4. The van der Waals surface area contributed by atoms with Crippen molar-refractivity contribution >= 4 is 42.2 Å². The molecule has 2 aliphatic heterocycles. The summed E-state index contributed by atoms with van der Waals surface area (Å²) in [7, 11) is 1.91. The molecule has 1 aromatic carbocycles. The average Bonchev–Trinajstić information content (AvgIpc) is 3.36. The molecule has 1 fully saturated rings. The van der Waals surface area contributed by atoms with Gasteiger partial charge in [-0.25, -0.2) is 14.4 Å². The SMILES string of the molecule is C.Cc1ccc(CO)c2c1[C@]13CCN(C)[C@H](C)[C@]1(O)CC=C(OC(=O)[C@H](C)OC(=O)[C@H](CCC(=O)O)NC(=O)C[C@H](O)C(=O)O)[C@@H]3O2.Cl. The lowest BCUT2D eigenvalue weighted by atomic mass is 9.54. The van der Waals surface area contributed by atoms with E-state index in [2.05, 4.69) is 5.32 Å². The Labute approximate surface area is 284 Å². The molecule has 1 saturated heterocycles. The van der Waals surface area contributed by atoms with Crippen molar-refractivity contribution in [2.75, 3.05) is 13.6 Å². The maximum Gasteiger partial charge on any atom is 0.352 e. The molecule has 48 heavy (non-hydrogen) atoms. The fourth-order valence-electron chi connectivity index (χ4n) is 6.74. The van der Waals surface area contributed by atoms with Gasteiger partial charge in [-0.05, 0) is 58.8 Å². The fraction of sp³-hybridized carbons (Fsp3) is 0.594. The number of carboxylic acids is 2. The number of aryl methyl sites for hydroxylation is 1. The smallest absolute Gasteiger partial charge is 0.352 e. The number of rotatable bonds is 12. The second kappa shape index (κ2) is 15.6. The van der Waals surface area contributed by atoms with Crippen LogP contribution in [0.4, 0.5) is 0 Å². The van der Waals surface area contributed by atoms with E-state index in [1.807, 2.05) is 31.9 Å². The van der Waals surface area contributed by atoms with Crippen LogP contribution in [0.15, 0.2) is 24.0 Å². The van der Waals surface area contributed by atoms with Gasteiger partial charge >= 0.3 is 23.9 Å². The third-order valence-electron chi connectivity index (χ3n) is 9.38. The van der Waals surface area contributed by atoms with Crippen LogP contribution in [0, 0.1) is 6.92 Å². The zero-order chi connectivity index (χ0) is 34.1. The van der Waals surface area contributed by atoms with Crippen molar-refractivity contribution in [3.05, 3.63) is 40.7 Å². The summed E-state index contributed by atoms with van der Waals surface area (Å²) in [6.07, 6.45) is -4.36. The number of carbonyl (C=O) groups excluding carboxylic acids is 3. The van der Waals surface area contributed by atoms with Gasteiger partial charge < -0.3 is 50.0 Å². The number of aliphatic carboxylic acids is 2. The highest BCUT2D eigenvalue weighted by Crippen LogP contribution is 2.61. The van der Waals surface area contributed by atoms with Crippen LogP contribution in [0.25, 0.3) is 0 Å². The first-order valence-electron chi connectivity index (χ1n) is 14.9. The molecule has 0 radical (unpaired) electrons. The van der Waals surface area contributed by atoms with Gasteiger partial charge in [-0.3, -0.25) is 9.59 Å². The second-order valence-electron chi connectivity index (χ2n) is 12.1. The number of hydrogen-bond donors (Lipinski definition) is 6. The van der Waals surface area contributed by atoms with Crippen molar-refractivity contribution in [1.82, 2.24) is 10.2 Å².